The van der Waals surface area contributed by atoms with Gasteiger partial charge in [0.25, 0.3) is 0 Å². The molecule has 0 fully saturated rings. The zero-order valence-electron chi connectivity index (χ0n) is 18.4. The highest BCUT2D eigenvalue weighted by Crippen LogP contribution is 2.32. The van der Waals surface area contributed by atoms with Gasteiger partial charge in [0.05, 0.1) is 6.04 Å². The van der Waals surface area contributed by atoms with Crippen LogP contribution < -0.4 is 10.1 Å². The molecule has 1 N–H and O–H groups in total. The second kappa shape index (κ2) is 8.01. The van der Waals surface area contributed by atoms with E-state index in [0.29, 0.717) is 17.7 Å². The largest absolute Gasteiger partial charge is 0.452 e. The van der Waals surface area contributed by atoms with Gasteiger partial charge in [0, 0.05) is 13.8 Å². The number of benzene rings is 2. The average Bonchev–Trinajstić information content (AvgIpc) is 2.59. The Morgan fingerprint density at radius 3 is 2.33 bits per heavy atom. The van der Waals surface area contributed by atoms with Crippen molar-refractivity contribution in [2.24, 2.45) is 0 Å². The zero-order valence-corrected chi connectivity index (χ0v) is 18.4. The Labute approximate surface area is 177 Å². The van der Waals surface area contributed by atoms with E-state index in [1.54, 1.807) is 19.9 Å². The van der Waals surface area contributed by atoms with Crippen molar-refractivity contribution >= 4 is 12.1 Å². The topological polar surface area (TPSA) is 73.9 Å². The summed E-state index contributed by atoms with van der Waals surface area (Å²) in [5.41, 5.74) is 3.05. The van der Waals surface area contributed by atoms with Gasteiger partial charge in [-0.1, -0.05) is 30.3 Å². The fraction of sp³-hybridized carbons (Fsp3) is 0.417. The zero-order chi connectivity index (χ0) is 22.1. The van der Waals surface area contributed by atoms with E-state index in [1.165, 1.54) is 0 Å². The molecular formula is C24H29NO5. The summed E-state index contributed by atoms with van der Waals surface area (Å²) in [4.78, 5) is 24.0. The molecule has 1 unspecified atom stereocenters. The van der Waals surface area contributed by atoms with E-state index in [1.807, 2.05) is 64.1 Å². The number of ether oxygens (including phenoxy) is 3. The van der Waals surface area contributed by atoms with Crippen molar-refractivity contribution in [2.75, 3.05) is 0 Å². The molecule has 6 heteroatoms. The van der Waals surface area contributed by atoms with Gasteiger partial charge >= 0.3 is 12.1 Å². The molecule has 30 heavy (non-hydrogen) atoms. The molecule has 2 aromatic carbocycles. The van der Waals surface area contributed by atoms with E-state index >= 15 is 0 Å². The summed E-state index contributed by atoms with van der Waals surface area (Å²) in [5, 5.41) is 2.85. The first-order valence-electron chi connectivity index (χ1n) is 10.1. The monoisotopic (exact) mass is 411 g/mol. The first-order chi connectivity index (χ1) is 13.9. The van der Waals surface area contributed by atoms with Crippen molar-refractivity contribution in [1.82, 2.24) is 5.32 Å². The summed E-state index contributed by atoms with van der Waals surface area (Å²) < 4.78 is 16.3. The molecule has 3 rings (SSSR count). The number of alkyl carbamates (subject to hydrolysis) is 1. The van der Waals surface area contributed by atoms with Gasteiger partial charge in [-0.25, -0.2) is 9.59 Å². The van der Waals surface area contributed by atoms with Crippen molar-refractivity contribution in [3.05, 3.63) is 64.7 Å². The van der Waals surface area contributed by atoms with E-state index in [4.69, 9.17) is 14.2 Å². The molecule has 0 spiro atoms. The fourth-order valence-electron chi connectivity index (χ4n) is 3.22. The maximum absolute atomic E-state index is 12.1. The van der Waals surface area contributed by atoms with E-state index in [0.717, 1.165) is 16.7 Å². The van der Waals surface area contributed by atoms with Crippen LogP contribution in [0.3, 0.4) is 0 Å². The number of carbonyl (C=O) groups excluding carboxylic acids is 2. The minimum absolute atomic E-state index is 0.167. The third-order valence-electron chi connectivity index (χ3n) is 4.58. The van der Waals surface area contributed by atoms with E-state index in [-0.39, 0.29) is 12.0 Å². The van der Waals surface area contributed by atoms with Gasteiger partial charge in [-0.15, -0.1) is 0 Å². The molecule has 2 aromatic rings. The Morgan fingerprint density at radius 2 is 1.70 bits per heavy atom. The smallest absolute Gasteiger partial charge is 0.408 e. The van der Waals surface area contributed by atoms with Crippen LogP contribution in [0.15, 0.2) is 42.5 Å². The third kappa shape index (κ3) is 5.53. The Morgan fingerprint density at radius 1 is 1.07 bits per heavy atom. The van der Waals surface area contributed by atoms with Crippen LogP contribution in [0.4, 0.5) is 4.79 Å². The number of fused-ring (bicyclic) bond motifs is 1. The number of rotatable bonds is 4. The van der Waals surface area contributed by atoms with Gasteiger partial charge < -0.3 is 19.5 Å². The van der Waals surface area contributed by atoms with Gasteiger partial charge in [-0.3, -0.25) is 0 Å². The lowest BCUT2D eigenvalue weighted by Gasteiger charge is -2.31. The molecule has 1 atom stereocenters. The number of hydrogen-bond acceptors (Lipinski definition) is 5. The fourth-order valence-corrected chi connectivity index (χ4v) is 3.22. The summed E-state index contributed by atoms with van der Waals surface area (Å²) in [7, 11) is 0. The molecule has 160 valence electrons. The minimum atomic E-state index is -0.971. The van der Waals surface area contributed by atoms with Crippen molar-refractivity contribution in [2.45, 2.75) is 65.4 Å². The van der Waals surface area contributed by atoms with Gasteiger partial charge in [0.15, 0.2) is 0 Å². The maximum atomic E-state index is 12.1. The van der Waals surface area contributed by atoms with E-state index in [2.05, 4.69) is 5.32 Å². The average molecular weight is 411 g/mol. The van der Waals surface area contributed by atoms with Crippen LogP contribution >= 0.6 is 0 Å². The van der Waals surface area contributed by atoms with Crippen molar-refractivity contribution in [3.63, 3.8) is 0 Å². The summed E-state index contributed by atoms with van der Waals surface area (Å²) in [6.45, 7) is 10.9. The second-order valence-corrected chi connectivity index (χ2v) is 9.01. The van der Waals surface area contributed by atoms with Crippen molar-refractivity contribution in [1.29, 1.82) is 0 Å². The molecule has 0 saturated carbocycles. The summed E-state index contributed by atoms with van der Waals surface area (Å²) in [6, 6.07) is 13.4. The maximum Gasteiger partial charge on any atom is 0.408 e. The van der Waals surface area contributed by atoms with Gasteiger partial charge in [0.1, 0.15) is 16.9 Å². The summed E-state index contributed by atoms with van der Waals surface area (Å²) >= 11 is 0. The molecule has 0 aliphatic carbocycles. The first kappa shape index (κ1) is 21.7. The number of amides is 1. The van der Waals surface area contributed by atoms with Crippen LogP contribution in [0.25, 0.3) is 0 Å². The lowest BCUT2D eigenvalue weighted by atomic mass is 10.00. The highest BCUT2D eigenvalue weighted by Gasteiger charge is 2.33. The highest BCUT2D eigenvalue weighted by molar-refractivity contribution is 5.93. The van der Waals surface area contributed by atoms with E-state index in [9.17, 15) is 9.59 Å². The van der Waals surface area contributed by atoms with Gasteiger partial charge in [-0.2, -0.15) is 0 Å². The Hall–Kier alpha value is -3.02. The van der Waals surface area contributed by atoms with Crippen molar-refractivity contribution < 1.29 is 23.8 Å². The van der Waals surface area contributed by atoms with Crippen LogP contribution in [-0.4, -0.2) is 23.5 Å². The Balaban J connectivity index is 1.66. The molecule has 0 aromatic heterocycles. The molecule has 0 saturated heterocycles. The van der Waals surface area contributed by atoms with Crippen LogP contribution in [-0.2, 0) is 15.9 Å². The predicted octanol–water partition coefficient (Wildman–Crippen LogP) is 5.15. The number of cyclic esters (lactones) is 1. The molecule has 0 bridgehead atoms. The molecule has 6 nitrogen and oxygen atoms in total. The van der Waals surface area contributed by atoms with Crippen molar-refractivity contribution in [3.8, 4) is 5.75 Å². The number of nitrogens with one attached hydrogen (secondary N) is 1. The predicted molar refractivity (Wildman–Crippen MR) is 114 cm³/mol. The van der Waals surface area contributed by atoms with Crippen LogP contribution in [0.2, 0.25) is 0 Å². The normalized spacial score (nSPS) is 16.0. The Kier molecular flexibility index (Phi) is 5.79. The molecule has 1 aliphatic heterocycles. The summed E-state index contributed by atoms with van der Waals surface area (Å²) in [5.74, 6) is -0.800. The third-order valence-corrected chi connectivity index (χ3v) is 4.58. The molecular weight excluding hydrogens is 382 g/mol. The molecule has 1 heterocycles. The lowest BCUT2D eigenvalue weighted by molar-refractivity contribution is -0.127. The van der Waals surface area contributed by atoms with Crippen LogP contribution in [0.1, 0.15) is 74.6 Å². The van der Waals surface area contributed by atoms with Crippen LogP contribution in [0, 0.1) is 0 Å². The highest BCUT2D eigenvalue weighted by atomic mass is 16.7. The quantitative estimate of drug-likeness (QED) is 0.705. The standard InChI is InChI=1S/C24H29NO5/c1-15(25-22(27)30-23(2,3)4)18-10-7-16(8-11-18)13-17-9-12-19-20(14-17)28-24(5,6)29-21(19)26/h7-12,14-15H,13H2,1-6H3,(H,25,27). The van der Waals surface area contributed by atoms with Gasteiger partial charge in [-0.05, 0) is 62.9 Å². The molecule has 1 aliphatic rings. The lowest BCUT2D eigenvalue weighted by Crippen LogP contribution is -2.38. The molecule has 0 radical (unpaired) electrons. The molecule has 1 amide bonds. The minimum Gasteiger partial charge on any atom is -0.452 e. The van der Waals surface area contributed by atoms with Crippen LogP contribution in [0.5, 0.6) is 5.75 Å². The summed E-state index contributed by atoms with van der Waals surface area (Å²) in [6.07, 6.45) is 0.259. The Bertz CT molecular complexity index is 941. The number of hydrogen-bond donors (Lipinski definition) is 1. The number of esters is 1. The van der Waals surface area contributed by atoms with Gasteiger partial charge in [0.2, 0.25) is 5.79 Å². The first-order valence-corrected chi connectivity index (χ1v) is 10.1. The second-order valence-electron chi connectivity index (χ2n) is 9.01. The number of carbonyl (C=O) groups is 2. The SMILES string of the molecule is CC(NC(=O)OC(C)(C)C)c1ccc(Cc2ccc3c(c2)OC(C)(C)OC3=O)cc1. The van der Waals surface area contributed by atoms with E-state index < -0.39 is 17.5 Å².